The highest BCUT2D eigenvalue weighted by atomic mass is 16.2. The maximum Gasteiger partial charge on any atom is 0.239 e. The summed E-state index contributed by atoms with van der Waals surface area (Å²) >= 11 is 0. The fraction of sp³-hybridized carbons (Fsp3) is 0.556. The Morgan fingerprint density at radius 3 is 2.59 bits per heavy atom. The number of nitrogens with one attached hydrogen (secondary N) is 1. The van der Waals surface area contributed by atoms with Gasteiger partial charge in [0.1, 0.15) is 5.92 Å². The quantitative estimate of drug-likeness (QED) is 0.822. The zero-order chi connectivity index (χ0) is 16.1. The first-order valence-electron chi connectivity index (χ1n) is 8.21. The van der Waals surface area contributed by atoms with E-state index in [0.717, 1.165) is 18.5 Å². The van der Waals surface area contributed by atoms with Gasteiger partial charge in [0.15, 0.2) is 0 Å². The largest absolute Gasteiger partial charge is 0.355 e. The van der Waals surface area contributed by atoms with Crippen molar-refractivity contribution in [2.45, 2.75) is 40.0 Å². The number of nitrogens with zero attached hydrogens (tertiary/aromatic N) is 1. The first-order chi connectivity index (χ1) is 10.5. The Kier molecular flexibility index (Phi) is 5.58. The molecule has 0 saturated carbocycles. The van der Waals surface area contributed by atoms with Crippen LogP contribution in [0.2, 0.25) is 0 Å². The standard InChI is InChI=1S/C18H26N2O2/c1-4-14-5-7-15(8-6-14)20-12-10-16(18(20)22)17(21)19-11-9-13(2)3/h5-8,13,16H,4,9-12H2,1-3H3,(H,19,21)/t16-/m0/s1. The molecule has 2 rings (SSSR count). The van der Waals surface area contributed by atoms with Crippen LogP contribution in [-0.2, 0) is 16.0 Å². The minimum atomic E-state index is -0.530. The van der Waals surface area contributed by atoms with Crippen LogP contribution in [0.25, 0.3) is 0 Å². The van der Waals surface area contributed by atoms with Gasteiger partial charge in [-0.25, -0.2) is 0 Å². The number of rotatable bonds is 6. The van der Waals surface area contributed by atoms with Gasteiger partial charge in [0.25, 0.3) is 0 Å². The molecule has 22 heavy (non-hydrogen) atoms. The Balaban J connectivity index is 1.95. The third-order valence-corrected chi connectivity index (χ3v) is 4.20. The van der Waals surface area contributed by atoms with Gasteiger partial charge in [0, 0.05) is 18.8 Å². The lowest BCUT2D eigenvalue weighted by Gasteiger charge is -2.17. The molecule has 1 aliphatic rings. The van der Waals surface area contributed by atoms with Crippen LogP contribution in [0.15, 0.2) is 24.3 Å². The predicted molar refractivity (Wildman–Crippen MR) is 88.7 cm³/mol. The lowest BCUT2D eigenvalue weighted by Crippen LogP contribution is -2.37. The van der Waals surface area contributed by atoms with Crippen molar-refractivity contribution in [3.05, 3.63) is 29.8 Å². The van der Waals surface area contributed by atoms with Gasteiger partial charge in [0.05, 0.1) is 0 Å². The number of hydrogen-bond acceptors (Lipinski definition) is 2. The Bertz CT molecular complexity index is 522. The van der Waals surface area contributed by atoms with E-state index in [9.17, 15) is 9.59 Å². The van der Waals surface area contributed by atoms with E-state index in [0.29, 0.717) is 25.4 Å². The third-order valence-electron chi connectivity index (χ3n) is 4.20. The molecule has 0 aromatic heterocycles. The average Bonchev–Trinajstić information content (AvgIpc) is 2.88. The molecule has 120 valence electrons. The van der Waals surface area contributed by atoms with Crippen LogP contribution in [0.4, 0.5) is 5.69 Å². The van der Waals surface area contributed by atoms with Crippen molar-refractivity contribution < 1.29 is 9.59 Å². The fourth-order valence-corrected chi connectivity index (χ4v) is 2.70. The van der Waals surface area contributed by atoms with E-state index >= 15 is 0 Å². The second-order valence-corrected chi connectivity index (χ2v) is 6.32. The second kappa shape index (κ2) is 7.43. The normalized spacial score (nSPS) is 18.1. The molecule has 1 aromatic rings. The maximum absolute atomic E-state index is 12.5. The summed E-state index contributed by atoms with van der Waals surface area (Å²) in [6.45, 7) is 7.61. The molecule has 1 saturated heterocycles. The summed E-state index contributed by atoms with van der Waals surface area (Å²) in [4.78, 5) is 26.3. The highest BCUT2D eigenvalue weighted by Crippen LogP contribution is 2.25. The molecule has 4 nitrogen and oxygen atoms in total. The molecule has 4 heteroatoms. The van der Waals surface area contributed by atoms with Gasteiger partial charge in [-0.1, -0.05) is 32.9 Å². The topological polar surface area (TPSA) is 49.4 Å². The van der Waals surface area contributed by atoms with Gasteiger partial charge in [-0.15, -0.1) is 0 Å². The van der Waals surface area contributed by atoms with Gasteiger partial charge < -0.3 is 10.2 Å². The second-order valence-electron chi connectivity index (χ2n) is 6.32. The van der Waals surface area contributed by atoms with Crippen LogP contribution in [-0.4, -0.2) is 24.9 Å². The van der Waals surface area contributed by atoms with Crippen molar-refractivity contribution in [1.29, 1.82) is 0 Å². The van der Waals surface area contributed by atoms with Gasteiger partial charge in [-0.3, -0.25) is 9.59 Å². The molecule has 1 N–H and O–H groups in total. The van der Waals surface area contributed by atoms with Crippen molar-refractivity contribution in [3.63, 3.8) is 0 Å². The van der Waals surface area contributed by atoms with Gasteiger partial charge in [0.2, 0.25) is 11.8 Å². The van der Waals surface area contributed by atoms with Crippen LogP contribution in [0.3, 0.4) is 0 Å². The van der Waals surface area contributed by atoms with E-state index in [2.05, 4.69) is 26.1 Å². The monoisotopic (exact) mass is 302 g/mol. The van der Waals surface area contributed by atoms with Crippen molar-refractivity contribution in [2.24, 2.45) is 11.8 Å². The highest BCUT2D eigenvalue weighted by molar-refractivity contribution is 6.09. The van der Waals surface area contributed by atoms with Crippen molar-refractivity contribution in [3.8, 4) is 0 Å². The molecule has 2 amide bonds. The molecule has 0 spiro atoms. The smallest absolute Gasteiger partial charge is 0.239 e. The highest BCUT2D eigenvalue weighted by Gasteiger charge is 2.37. The van der Waals surface area contributed by atoms with E-state index in [1.165, 1.54) is 5.56 Å². The van der Waals surface area contributed by atoms with Gasteiger partial charge >= 0.3 is 0 Å². The van der Waals surface area contributed by atoms with Crippen LogP contribution < -0.4 is 10.2 Å². The molecule has 0 aliphatic carbocycles. The fourth-order valence-electron chi connectivity index (χ4n) is 2.70. The molecular weight excluding hydrogens is 276 g/mol. The van der Waals surface area contributed by atoms with E-state index < -0.39 is 5.92 Å². The lowest BCUT2D eigenvalue weighted by molar-refractivity contribution is -0.132. The number of carbonyl (C=O) groups excluding carboxylic acids is 2. The summed E-state index contributed by atoms with van der Waals surface area (Å²) in [5.41, 5.74) is 2.14. The summed E-state index contributed by atoms with van der Waals surface area (Å²) in [5.74, 6) is -0.184. The number of amides is 2. The zero-order valence-corrected chi connectivity index (χ0v) is 13.8. The Hall–Kier alpha value is -1.84. The SMILES string of the molecule is CCc1ccc(N2CC[C@@H](C(=O)NCCC(C)C)C2=O)cc1. The number of carbonyl (C=O) groups is 2. The van der Waals surface area contributed by atoms with Crippen molar-refractivity contribution in [2.75, 3.05) is 18.0 Å². The summed E-state index contributed by atoms with van der Waals surface area (Å²) in [6.07, 6.45) is 2.52. The van der Waals surface area contributed by atoms with Gasteiger partial charge in [-0.05, 0) is 42.9 Å². The molecule has 0 radical (unpaired) electrons. The van der Waals surface area contributed by atoms with Gasteiger partial charge in [-0.2, -0.15) is 0 Å². The van der Waals surface area contributed by atoms with Crippen molar-refractivity contribution >= 4 is 17.5 Å². The molecular formula is C18H26N2O2. The average molecular weight is 302 g/mol. The first-order valence-corrected chi connectivity index (χ1v) is 8.21. The number of aryl methyl sites for hydroxylation is 1. The predicted octanol–water partition coefficient (Wildman–Crippen LogP) is 2.76. The van der Waals surface area contributed by atoms with Crippen LogP contribution >= 0.6 is 0 Å². The summed E-state index contributed by atoms with van der Waals surface area (Å²) in [7, 11) is 0. The van der Waals surface area contributed by atoms with Crippen molar-refractivity contribution in [1.82, 2.24) is 5.32 Å². The first kappa shape index (κ1) is 16.5. The Labute approximate surface area is 132 Å². The lowest BCUT2D eigenvalue weighted by atomic mass is 10.1. The summed E-state index contributed by atoms with van der Waals surface area (Å²) < 4.78 is 0. The zero-order valence-electron chi connectivity index (χ0n) is 13.8. The summed E-state index contributed by atoms with van der Waals surface area (Å²) in [6, 6.07) is 8.02. The summed E-state index contributed by atoms with van der Waals surface area (Å²) in [5, 5.41) is 2.89. The number of anilines is 1. The molecule has 1 aromatic carbocycles. The minimum absolute atomic E-state index is 0.0775. The Morgan fingerprint density at radius 2 is 2.00 bits per heavy atom. The number of hydrogen-bond donors (Lipinski definition) is 1. The molecule has 0 bridgehead atoms. The maximum atomic E-state index is 12.5. The molecule has 1 heterocycles. The number of benzene rings is 1. The Morgan fingerprint density at radius 1 is 1.32 bits per heavy atom. The van der Waals surface area contributed by atoms with Crippen LogP contribution in [0.1, 0.15) is 39.2 Å². The van der Waals surface area contributed by atoms with E-state index in [4.69, 9.17) is 0 Å². The molecule has 0 unspecified atom stereocenters. The molecule has 1 fully saturated rings. The van der Waals surface area contributed by atoms with E-state index in [1.54, 1.807) is 4.90 Å². The molecule has 1 aliphatic heterocycles. The van der Waals surface area contributed by atoms with E-state index in [-0.39, 0.29) is 11.8 Å². The van der Waals surface area contributed by atoms with E-state index in [1.807, 2.05) is 24.3 Å². The third kappa shape index (κ3) is 3.87. The molecule has 1 atom stereocenters. The minimum Gasteiger partial charge on any atom is -0.355 e. The van der Waals surface area contributed by atoms with Crippen LogP contribution in [0.5, 0.6) is 0 Å². The van der Waals surface area contributed by atoms with Crippen LogP contribution in [0, 0.1) is 11.8 Å².